The molecule has 24 heavy (non-hydrogen) atoms. The maximum absolute atomic E-state index is 12.7. The molecular formula is C14H22F3N5OS. The second-order valence-corrected chi connectivity index (χ2v) is 7.62. The van der Waals surface area contributed by atoms with Gasteiger partial charge in [-0.25, -0.2) is 4.68 Å². The van der Waals surface area contributed by atoms with Gasteiger partial charge in [0, 0.05) is 6.04 Å². The third-order valence-corrected chi connectivity index (χ3v) is 5.66. The van der Waals surface area contributed by atoms with E-state index in [1.807, 2.05) is 0 Å². The van der Waals surface area contributed by atoms with Gasteiger partial charge in [-0.15, -0.1) is 10.2 Å². The zero-order valence-corrected chi connectivity index (χ0v) is 14.6. The van der Waals surface area contributed by atoms with Crippen LogP contribution in [-0.2, 0) is 11.0 Å². The lowest BCUT2D eigenvalue weighted by atomic mass is 9.78. The van der Waals surface area contributed by atoms with E-state index in [0.717, 1.165) is 31.0 Å². The fourth-order valence-corrected chi connectivity index (χ4v) is 3.63. The maximum atomic E-state index is 12.7. The highest BCUT2D eigenvalue weighted by Gasteiger charge is 2.38. The van der Waals surface area contributed by atoms with Crippen molar-refractivity contribution >= 4 is 17.7 Å². The molecule has 10 heteroatoms. The summed E-state index contributed by atoms with van der Waals surface area (Å²) in [5, 5.41) is 8.71. The standard InChI is InChI=1S/C14H22F3N5OS/c1-7-5-4-6-10(8(7)2)19-11(23)9(3)24-13-21-20-12(22(13)18)14(15,16)17/h7-10H,4-6,18H2,1-3H3,(H,19,23)/t7-,8-,9-,10-/m1/s1. The summed E-state index contributed by atoms with van der Waals surface area (Å²) in [6.07, 6.45) is -1.56. The second-order valence-electron chi connectivity index (χ2n) is 6.32. The maximum Gasteiger partial charge on any atom is 0.453 e. The molecule has 136 valence electrons. The summed E-state index contributed by atoms with van der Waals surface area (Å²) < 4.78 is 38.3. The summed E-state index contributed by atoms with van der Waals surface area (Å²) in [5.74, 6) is 4.77. The third kappa shape index (κ3) is 4.14. The molecule has 0 bridgehead atoms. The monoisotopic (exact) mass is 365 g/mol. The van der Waals surface area contributed by atoms with Crippen LogP contribution in [0.5, 0.6) is 0 Å². The van der Waals surface area contributed by atoms with E-state index in [1.165, 1.54) is 0 Å². The SMILES string of the molecule is C[C@@H]1[C@H](C)CCC[C@H]1NC(=O)[C@@H](C)Sc1nnc(C(F)(F)F)n1N. The molecule has 1 aliphatic carbocycles. The minimum atomic E-state index is -4.68. The summed E-state index contributed by atoms with van der Waals surface area (Å²) in [4.78, 5) is 12.3. The number of rotatable bonds is 4. The van der Waals surface area contributed by atoms with Gasteiger partial charge < -0.3 is 11.2 Å². The van der Waals surface area contributed by atoms with Gasteiger partial charge in [-0.3, -0.25) is 4.79 Å². The first kappa shape index (κ1) is 18.9. The molecule has 3 N–H and O–H groups in total. The molecule has 0 aromatic carbocycles. The third-order valence-electron chi connectivity index (χ3n) is 4.60. The van der Waals surface area contributed by atoms with Crippen molar-refractivity contribution in [3.63, 3.8) is 0 Å². The van der Waals surface area contributed by atoms with Gasteiger partial charge in [0.1, 0.15) is 0 Å². The number of hydrogen-bond acceptors (Lipinski definition) is 5. The van der Waals surface area contributed by atoms with E-state index in [4.69, 9.17) is 5.84 Å². The first-order chi connectivity index (χ1) is 11.1. The van der Waals surface area contributed by atoms with Gasteiger partial charge in [0.05, 0.1) is 5.25 Å². The van der Waals surface area contributed by atoms with Crippen molar-refractivity contribution in [2.75, 3.05) is 5.84 Å². The van der Waals surface area contributed by atoms with Crippen LogP contribution < -0.4 is 11.2 Å². The van der Waals surface area contributed by atoms with Crippen LogP contribution >= 0.6 is 11.8 Å². The van der Waals surface area contributed by atoms with Crippen molar-refractivity contribution in [3.8, 4) is 0 Å². The van der Waals surface area contributed by atoms with Crippen LogP contribution in [0.15, 0.2) is 5.16 Å². The molecular weight excluding hydrogens is 343 g/mol. The Morgan fingerprint density at radius 1 is 1.38 bits per heavy atom. The van der Waals surface area contributed by atoms with E-state index in [0.29, 0.717) is 16.5 Å². The molecule has 0 aliphatic heterocycles. The number of aromatic nitrogens is 3. The van der Waals surface area contributed by atoms with E-state index in [1.54, 1.807) is 6.92 Å². The van der Waals surface area contributed by atoms with Crippen LogP contribution in [0.4, 0.5) is 13.2 Å². The zero-order chi connectivity index (χ0) is 18.1. The highest BCUT2D eigenvalue weighted by molar-refractivity contribution is 8.00. The first-order valence-electron chi connectivity index (χ1n) is 7.86. The number of thioether (sulfide) groups is 1. The lowest BCUT2D eigenvalue weighted by Crippen LogP contribution is -2.46. The normalized spacial score (nSPS) is 26.2. The van der Waals surface area contributed by atoms with Crippen molar-refractivity contribution in [2.24, 2.45) is 11.8 Å². The number of nitrogen functional groups attached to an aromatic ring is 1. The fourth-order valence-electron chi connectivity index (χ4n) is 2.85. The van der Waals surface area contributed by atoms with Gasteiger partial charge >= 0.3 is 6.18 Å². The first-order valence-corrected chi connectivity index (χ1v) is 8.74. The molecule has 2 rings (SSSR count). The summed E-state index contributed by atoms with van der Waals surface area (Å²) in [5.41, 5.74) is 0. The van der Waals surface area contributed by atoms with Crippen LogP contribution in [0.3, 0.4) is 0 Å². The fraction of sp³-hybridized carbons (Fsp3) is 0.786. The van der Waals surface area contributed by atoms with Gasteiger partial charge in [-0.2, -0.15) is 13.2 Å². The number of hydrogen-bond donors (Lipinski definition) is 2. The summed E-state index contributed by atoms with van der Waals surface area (Å²) in [7, 11) is 0. The lowest BCUT2D eigenvalue weighted by Gasteiger charge is -2.35. The highest BCUT2D eigenvalue weighted by Crippen LogP contribution is 2.31. The minimum Gasteiger partial charge on any atom is -0.352 e. The molecule has 0 radical (unpaired) electrons. The number of carbonyl (C=O) groups is 1. The zero-order valence-electron chi connectivity index (χ0n) is 13.8. The van der Waals surface area contributed by atoms with Crippen LogP contribution in [-0.4, -0.2) is 32.1 Å². The Kier molecular flexibility index (Phi) is 5.67. The topological polar surface area (TPSA) is 85.8 Å². The van der Waals surface area contributed by atoms with E-state index in [9.17, 15) is 18.0 Å². The molecule has 0 saturated heterocycles. The van der Waals surface area contributed by atoms with Crippen LogP contribution in [0.2, 0.25) is 0 Å². The number of halogens is 3. The molecule has 1 aromatic rings. The number of amides is 1. The lowest BCUT2D eigenvalue weighted by molar-refractivity contribution is -0.146. The van der Waals surface area contributed by atoms with Crippen LogP contribution in [0.25, 0.3) is 0 Å². The minimum absolute atomic E-state index is 0.0887. The average molecular weight is 365 g/mol. The van der Waals surface area contributed by atoms with Gasteiger partial charge in [0.2, 0.25) is 11.1 Å². The van der Waals surface area contributed by atoms with Crippen molar-refractivity contribution in [3.05, 3.63) is 5.82 Å². The summed E-state index contributed by atoms with van der Waals surface area (Å²) >= 11 is 0.858. The molecule has 1 aromatic heterocycles. The van der Waals surface area contributed by atoms with Gasteiger partial charge in [-0.05, 0) is 25.2 Å². The Balaban J connectivity index is 1.98. The molecule has 0 unspecified atom stereocenters. The smallest absolute Gasteiger partial charge is 0.352 e. The number of nitrogens with two attached hydrogens (primary N) is 1. The average Bonchev–Trinajstić information content (AvgIpc) is 2.85. The summed E-state index contributed by atoms with van der Waals surface area (Å²) in [6, 6.07) is 0.0887. The van der Waals surface area contributed by atoms with Crippen LogP contribution in [0.1, 0.15) is 45.9 Å². The van der Waals surface area contributed by atoms with Gasteiger partial charge in [0.25, 0.3) is 5.82 Å². The van der Waals surface area contributed by atoms with E-state index in [2.05, 4.69) is 29.4 Å². The highest BCUT2D eigenvalue weighted by atomic mass is 32.2. The molecule has 1 heterocycles. The van der Waals surface area contributed by atoms with Crippen molar-refractivity contribution in [1.29, 1.82) is 0 Å². The molecule has 0 spiro atoms. The van der Waals surface area contributed by atoms with Gasteiger partial charge in [-0.1, -0.05) is 38.5 Å². The predicted octanol–water partition coefficient (Wildman–Crippen LogP) is 2.43. The van der Waals surface area contributed by atoms with E-state index >= 15 is 0 Å². The molecule has 1 aliphatic rings. The number of nitrogens with zero attached hydrogens (tertiary/aromatic N) is 3. The van der Waals surface area contributed by atoms with Crippen molar-refractivity contribution < 1.29 is 18.0 Å². The molecule has 1 fully saturated rings. The van der Waals surface area contributed by atoms with Crippen LogP contribution in [0, 0.1) is 11.8 Å². The van der Waals surface area contributed by atoms with E-state index in [-0.39, 0.29) is 17.1 Å². The number of nitrogens with one attached hydrogen (secondary N) is 1. The van der Waals surface area contributed by atoms with Gasteiger partial charge in [0.15, 0.2) is 0 Å². The number of alkyl halides is 3. The Labute approximate surface area is 142 Å². The molecule has 1 amide bonds. The van der Waals surface area contributed by atoms with Crippen molar-refractivity contribution in [1.82, 2.24) is 20.2 Å². The van der Waals surface area contributed by atoms with Crippen molar-refractivity contribution in [2.45, 2.75) is 62.7 Å². The quantitative estimate of drug-likeness (QED) is 0.632. The Hall–Kier alpha value is -1.45. The molecule has 6 nitrogen and oxygen atoms in total. The Morgan fingerprint density at radius 3 is 2.62 bits per heavy atom. The molecule has 1 saturated carbocycles. The number of carbonyl (C=O) groups excluding carboxylic acids is 1. The molecule has 4 atom stereocenters. The Morgan fingerprint density at radius 2 is 2.04 bits per heavy atom. The summed E-state index contributed by atoms with van der Waals surface area (Å²) in [6.45, 7) is 5.88. The Bertz CT molecular complexity index is 591. The second kappa shape index (κ2) is 7.20. The predicted molar refractivity (Wildman–Crippen MR) is 84.6 cm³/mol. The largest absolute Gasteiger partial charge is 0.453 e. The van der Waals surface area contributed by atoms with E-state index < -0.39 is 17.3 Å².